The number of rotatable bonds is 83. The molecule has 0 saturated heterocycles. The predicted molar refractivity (Wildman–Crippen MR) is 414 cm³/mol. The van der Waals surface area contributed by atoms with E-state index in [0.717, 1.165) is 89.9 Å². The van der Waals surface area contributed by atoms with Crippen LogP contribution >= 0.6 is 15.6 Å². The number of esters is 4. The molecule has 0 saturated carbocycles. The van der Waals surface area contributed by atoms with Gasteiger partial charge in [0.1, 0.15) is 19.3 Å². The molecule has 600 valence electrons. The highest BCUT2D eigenvalue weighted by molar-refractivity contribution is 7.47. The molecule has 5 atom stereocenters. The first kappa shape index (κ1) is 99.1. The van der Waals surface area contributed by atoms with E-state index in [4.69, 9.17) is 37.0 Å². The van der Waals surface area contributed by atoms with Crippen LogP contribution in [0.15, 0.2) is 0 Å². The maximum atomic E-state index is 13.1. The number of hydrogen-bond donors (Lipinski definition) is 3. The molecule has 0 aromatic carbocycles. The van der Waals surface area contributed by atoms with Crippen LogP contribution in [0.5, 0.6) is 0 Å². The van der Waals surface area contributed by atoms with E-state index in [1.54, 1.807) is 0 Å². The first-order valence-corrected chi connectivity index (χ1v) is 45.8. The van der Waals surface area contributed by atoms with Crippen molar-refractivity contribution in [2.75, 3.05) is 39.6 Å². The lowest BCUT2D eigenvalue weighted by molar-refractivity contribution is -0.161. The summed E-state index contributed by atoms with van der Waals surface area (Å²) in [6.07, 6.45) is 69.5. The standard InChI is InChI=1S/C82H160O17P2/c1-5-9-13-17-21-25-28-31-33-35-36-37-38-39-41-43-46-49-53-57-61-65-69-82(87)99-78(73-93-80(85)67-63-59-55-51-47-45-42-40-34-32-29-26-22-18-14-10-6-2)75-97-101(90,91)95-71-76(83)70-94-100(88,89)96-74-77(72-92-79(84)66-62-58-54-50-24-20-16-12-8-4)98-81(86)68-64-60-56-52-48-44-30-27-23-19-15-11-7-3/h76-78,83H,5-75H2,1-4H3,(H,88,89)(H,90,91)/t76-,77+,78+/m0/s1. The molecule has 101 heavy (non-hydrogen) atoms. The summed E-state index contributed by atoms with van der Waals surface area (Å²) in [6, 6.07) is 0. The Morgan fingerprint density at radius 2 is 0.396 bits per heavy atom. The summed E-state index contributed by atoms with van der Waals surface area (Å²) in [7, 11) is -9.91. The second-order valence-corrected chi connectivity index (χ2v) is 32.4. The summed E-state index contributed by atoms with van der Waals surface area (Å²) in [5, 5.41) is 10.6. The maximum absolute atomic E-state index is 13.1. The first-order valence-electron chi connectivity index (χ1n) is 42.8. The molecule has 2 unspecified atom stereocenters. The zero-order valence-corrected chi connectivity index (χ0v) is 67.7. The van der Waals surface area contributed by atoms with Gasteiger partial charge in [-0.1, -0.05) is 394 Å². The lowest BCUT2D eigenvalue weighted by Gasteiger charge is -2.21. The van der Waals surface area contributed by atoms with E-state index in [2.05, 4.69) is 27.7 Å². The van der Waals surface area contributed by atoms with Gasteiger partial charge in [-0.05, 0) is 25.7 Å². The van der Waals surface area contributed by atoms with Crippen LogP contribution in [0.1, 0.15) is 445 Å². The quantitative estimate of drug-likeness (QED) is 0.0222. The number of unbranched alkanes of at least 4 members (excludes halogenated alkanes) is 57. The largest absolute Gasteiger partial charge is 0.472 e. The third-order valence-corrected chi connectivity index (χ3v) is 21.3. The number of ether oxygens (including phenoxy) is 4. The molecule has 3 N–H and O–H groups in total. The van der Waals surface area contributed by atoms with Crippen LogP contribution in [0.3, 0.4) is 0 Å². The number of carbonyl (C=O) groups excluding carboxylic acids is 4. The molecule has 0 fully saturated rings. The Labute approximate surface area is 619 Å². The van der Waals surface area contributed by atoms with Crippen LogP contribution in [0.4, 0.5) is 0 Å². The van der Waals surface area contributed by atoms with Gasteiger partial charge in [-0.25, -0.2) is 9.13 Å². The Hall–Kier alpha value is -1.94. The van der Waals surface area contributed by atoms with Crippen molar-refractivity contribution in [1.29, 1.82) is 0 Å². The normalized spacial score (nSPS) is 13.8. The molecular formula is C82H160O17P2. The minimum absolute atomic E-state index is 0.108. The fraction of sp³-hybridized carbons (Fsp3) is 0.951. The molecule has 17 nitrogen and oxygen atoms in total. The van der Waals surface area contributed by atoms with Crippen molar-refractivity contribution in [3.8, 4) is 0 Å². The summed E-state index contributed by atoms with van der Waals surface area (Å²) >= 11 is 0. The van der Waals surface area contributed by atoms with Crippen LogP contribution in [-0.4, -0.2) is 96.7 Å². The van der Waals surface area contributed by atoms with E-state index in [1.165, 1.54) is 276 Å². The lowest BCUT2D eigenvalue weighted by atomic mass is 10.0. The van der Waals surface area contributed by atoms with Gasteiger partial charge < -0.3 is 33.8 Å². The third-order valence-electron chi connectivity index (χ3n) is 19.4. The van der Waals surface area contributed by atoms with Crippen molar-refractivity contribution in [3.63, 3.8) is 0 Å². The van der Waals surface area contributed by atoms with Gasteiger partial charge >= 0.3 is 39.5 Å². The Morgan fingerprint density at radius 1 is 0.238 bits per heavy atom. The lowest BCUT2D eigenvalue weighted by Crippen LogP contribution is -2.30. The van der Waals surface area contributed by atoms with E-state index < -0.39 is 97.5 Å². The number of phosphoric acid groups is 2. The molecule has 0 bridgehead atoms. The molecule has 0 aromatic rings. The van der Waals surface area contributed by atoms with Gasteiger partial charge in [0, 0.05) is 25.7 Å². The fourth-order valence-electron chi connectivity index (χ4n) is 12.8. The molecule has 0 spiro atoms. The predicted octanol–water partition coefficient (Wildman–Crippen LogP) is 25.0. The van der Waals surface area contributed by atoms with Gasteiger partial charge in [-0.2, -0.15) is 0 Å². The smallest absolute Gasteiger partial charge is 0.462 e. The van der Waals surface area contributed by atoms with Crippen molar-refractivity contribution in [3.05, 3.63) is 0 Å². The van der Waals surface area contributed by atoms with Gasteiger partial charge in [0.15, 0.2) is 12.2 Å². The molecule has 0 heterocycles. The maximum Gasteiger partial charge on any atom is 0.472 e. The van der Waals surface area contributed by atoms with Crippen molar-refractivity contribution >= 4 is 39.5 Å². The van der Waals surface area contributed by atoms with Gasteiger partial charge in [0.2, 0.25) is 0 Å². The van der Waals surface area contributed by atoms with E-state index in [1.807, 2.05) is 0 Å². The number of hydrogen-bond acceptors (Lipinski definition) is 15. The summed E-state index contributed by atoms with van der Waals surface area (Å²) < 4.78 is 68.7. The van der Waals surface area contributed by atoms with E-state index in [9.17, 15) is 43.2 Å². The topological polar surface area (TPSA) is 237 Å². The fourth-order valence-corrected chi connectivity index (χ4v) is 14.4. The molecule has 0 aliphatic rings. The highest BCUT2D eigenvalue weighted by atomic mass is 31.2. The van der Waals surface area contributed by atoms with Gasteiger partial charge in [0.25, 0.3) is 0 Å². The average Bonchev–Trinajstić information content (AvgIpc) is 1.07. The Morgan fingerprint density at radius 3 is 0.584 bits per heavy atom. The van der Waals surface area contributed by atoms with Crippen molar-refractivity contribution in [2.24, 2.45) is 0 Å². The van der Waals surface area contributed by atoms with E-state index in [0.29, 0.717) is 25.7 Å². The first-order chi connectivity index (χ1) is 49.2. The average molecular weight is 1480 g/mol. The molecule has 0 aromatic heterocycles. The Kier molecular flexibility index (Phi) is 74.8. The molecule has 19 heteroatoms. The second-order valence-electron chi connectivity index (χ2n) is 29.5. The highest BCUT2D eigenvalue weighted by Crippen LogP contribution is 2.45. The van der Waals surface area contributed by atoms with Crippen LogP contribution < -0.4 is 0 Å². The van der Waals surface area contributed by atoms with E-state index in [-0.39, 0.29) is 25.7 Å². The molecule has 0 amide bonds. The molecule has 0 aliphatic carbocycles. The van der Waals surface area contributed by atoms with Crippen molar-refractivity contribution in [1.82, 2.24) is 0 Å². The third kappa shape index (κ3) is 76.1. The van der Waals surface area contributed by atoms with Crippen molar-refractivity contribution < 1.29 is 80.2 Å². The summed E-state index contributed by atoms with van der Waals surface area (Å²) in [4.78, 5) is 73.0. The molecule has 0 aliphatic heterocycles. The van der Waals surface area contributed by atoms with Crippen LogP contribution in [-0.2, 0) is 65.4 Å². The molecular weight excluding hydrogens is 1320 g/mol. The van der Waals surface area contributed by atoms with Gasteiger partial charge in [0.05, 0.1) is 26.4 Å². The number of phosphoric ester groups is 2. The molecule has 0 rings (SSSR count). The summed E-state index contributed by atoms with van der Waals surface area (Å²) in [5.41, 5.74) is 0. The summed E-state index contributed by atoms with van der Waals surface area (Å²) in [6.45, 7) is 5.01. The minimum atomic E-state index is -4.96. The summed E-state index contributed by atoms with van der Waals surface area (Å²) in [5.74, 6) is -2.10. The number of aliphatic hydroxyl groups is 1. The van der Waals surface area contributed by atoms with Gasteiger partial charge in [-0.15, -0.1) is 0 Å². The Balaban J connectivity index is 5.19. The van der Waals surface area contributed by atoms with E-state index >= 15 is 0 Å². The zero-order chi connectivity index (χ0) is 73.9. The Bertz CT molecular complexity index is 1910. The molecule has 0 radical (unpaired) electrons. The number of aliphatic hydroxyl groups excluding tert-OH is 1. The van der Waals surface area contributed by atoms with Gasteiger partial charge in [-0.3, -0.25) is 37.3 Å². The minimum Gasteiger partial charge on any atom is -0.462 e. The van der Waals surface area contributed by atoms with Crippen LogP contribution in [0, 0.1) is 0 Å². The SMILES string of the molecule is CCCCCCCCCCCCCCCCCCCCCCCCC(=O)O[C@H](COC(=O)CCCCCCCCCCCCCCCCCCC)COP(=O)(O)OC[C@@H](O)COP(=O)(O)OC[C@@H](COC(=O)CCCCCCCCCCC)OC(=O)CCCCCCCCCCCCCCC. The second kappa shape index (κ2) is 76.3. The van der Waals surface area contributed by atoms with Crippen molar-refractivity contribution in [2.45, 2.75) is 463 Å². The van der Waals surface area contributed by atoms with Crippen LogP contribution in [0.2, 0.25) is 0 Å². The zero-order valence-electron chi connectivity index (χ0n) is 65.9. The monoisotopic (exact) mass is 1480 g/mol. The van der Waals surface area contributed by atoms with Crippen LogP contribution in [0.25, 0.3) is 0 Å². The number of carbonyl (C=O) groups is 4. The highest BCUT2D eigenvalue weighted by Gasteiger charge is 2.30.